The van der Waals surface area contributed by atoms with Gasteiger partial charge in [0.25, 0.3) is 7.82 Å². The zero-order valence-electron chi connectivity index (χ0n) is 60.5. The zero-order valence-corrected chi connectivity index (χ0v) is 61.4. The fourth-order valence-electron chi connectivity index (χ4n) is 11.3. The van der Waals surface area contributed by atoms with Gasteiger partial charge in [-0.05, 0) is 83.5 Å². The molecule has 0 aromatic rings. The summed E-state index contributed by atoms with van der Waals surface area (Å²) < 4.78 is 23.6. The summed E-state index contributed by atoms with van der Waals surface area (Å²) in [4.78, 5) is 25.7. The molecule has 9 heteroatoms. The molecule has 8 nitrogen and oxygen atoms in total. The van der Waals surface area contributed by atoms with Crippen LogP contribution < -0.4 is 10.2 Å². The van der Waals surface area contributed by atoms with Crippen LogP contribution in [0.3, 0.4) is 0 Å². The number of rotatable bonds is 71. The highest BCUT2D eigenvalue weighted by molar-refractivity contribution is 7.45. The van der Waals surface area contributed by atoms with Gasteiger partial charge in [-0.15, -0.1) is 0 Å². The largest absolute Gasteiger partial charge is 0.756 e. The second kappa shape index (κ2) is 71.5. The Bertz CT molecular complexity index is 1860. The lowest BCUT2D eigenvalue weighted by molar-refractivity contribution is -0.870. The molecular formula is C82H149N2O6P. The first-order valence-corrected chi connectivity index (χ1v) is 40.2. The van der Waals surface area contributed by atoms with Crippen molar-refractivity contribution < 1.29 is 32.9 Å². The lowest BCUT2D eigenvalue weighted by Gasteiger charge is -2.30. The number of carbonyl (C=O) groups excluding carboxylic acids is 1. The Morgan fingerprint density at radius 2 is 0.670 bits per heavy atom. The van der Waals surface area contributed by atoms with Crippen molar-refractivity contribution in [2.24, 2.45) is 0 Å². The molecule has 3 unspecified atom stereocenters. The topological polar surface area (TPSA) is 108 Å². The first kappa shape index (κ1) is 88.2. The van der Waals surface area contributed by atoms with Gasteiger partial charge in [0.05, 0.1) is 39.9 Å². The van der Waals surface area contributed by atoms with Crippen LogP contribution in [0.5, 0.6) is 0 Å². The summed E-state index contributed by atoms with van der Waals surface area (Å²) >= 11 is 0. The van der Waals surface area contributed by atoms with E-state index in [4.69, 9.17) is 9.05 Å². The minimum atomic E-state index is -4.59. The highest BCUT2D eigenvalue weighted by atomic mass is 31.2. The number of aliphatic hydroxyl groups excluding tert-OH is 1. The second-order valence-corrected chi connectivity index (χ2v) is 28.7. The van der Waals surface area contributed by atoms with Crippen molar-refractivity contribution in [3.8, 4) is 0 Å². The van der Waals surface area contributed by atoms with Gasteiger partial charge in [-0.1, -0.05) is 374 Å². The number of likely N-dealkylation sites (N-methyl/N-ethyl adjacent to an activating group) is 1. The van der Waals surface area contributed by atoms with Crippen molar-refractivity contribution in [3.63, 3.8) is 0 Å². The van der Waals surface area contributed by atoms with E-state index in [1.165, 1.54) is 231 Å². The van der Waals surface area contributed by atoms with Crippen LogP contribution in [0.25, 0.3) is 0 Å². The maximum atomic E-state index is 13.1. The van der Waals surface area contributed by atoms with Gasteiger partial charge in [-0.3, -0.25) is 9.36 Å². The standard InChI is InChI=1S/C82H149N2O6P/c1-6-8-10-12-14-16-18-20-22-24-26-28-30-32-34-36-37-38-39-40-41-42-43-44-45-46-47-48-50-52-54-56-58-60-62-64-66-68-70-72-74-76-82(86)83-80(79-90-91(87,88)89-78-77-84(3,4)5)81(85)75-73-71-69-67-65-63-61-59-57-55-53-51-49-35-33-31-29-27-25-23-21-19-17-15-13-11-9-7-2/h8,10,14,16,20,22,26,28,32,34,37-38,40-41,43-44,46-47,80-81,85H,6-7,9,11-13,15,17-19,21,23-25,27,29-31,33,35-36,39,42,45,48-79H2,1-5H3,(H-,83,86,87,88)/b10-8-,16-14-,22-20-,28-26-,34-32-,38-37-,41-40-,44-43-,47-46-. The van der Waals surface area contributed by atoms with Gasteiger partial charge in [0.2, 0.25) is 5.91 Å². The molecule has 0 heterocycles. The molecule has 1 amide bonds. The Balaban J connectivity index is 4.01. The van der Waals surface area contributed by atoms with Crippen LogP contribution >= 0.6 is 7.82 Å². The summed E-state index contributed by atoms with van der Waals surface area (Å²) in [6.45, 7) is 4.65. The van der Waals surface area contributed by atoms with Gasteiger partial charge in [0.15, 0.2) is 0 Å². The van der Waals surface area contributed by atoms with Crippen LogP contribution in [0.15, 0.2) is 109 Å². The number of aliphatic hydroxyl groups is 1. The number of amides is 1. The molecule has 0 aromatic carbocycles. The number of nitrogens with one attached hydrogen (secondary N) is 1. The predicted octanol–water partition coefficient (Wildman–Crippen LogP) is 24.8. The van der Waals surface area contributed by atoms with Crippen LogP contribution in [0, 0.1) is 0 Å². The molecule has 0 bridgehead atoms. The minimum absolute atomic E-state index is 0.00934. The van der Waals surface area contributed by atoms with E-state index in [9.17, 15) is 19.4 Å². The maximum Gasteiger partial charge on any atom is 0.268 e. The van der Waals surface area contributed by atoms with Gasteiger partial charge in [0.1, 0.15) is 13.2 Å². The fraction of sp³-hybridized carbons (Fsp3) is 0.768. The molecule has 2 N–H and O–H groups in total. The number of phosphoric acid groups is 1. The summed E-state index contributed by atoms with van der Waals surface area (Å²) in [7, 11) is 1.31. The maximum absolute atomic E-state index is 13.1. The molecule has 0 radical (unpaired) electrons. The summed E-state index contributed by atoms with van der Waals surface area (Å²) in [6, 6.07) is -0.809. The lowest BCUT2D eigenvalue weighted by Crippen LogP contribution is -2.46. The molecular weight excluding hydrogens is 1140 g/mol. The average molecular weight is 1290 g/mol. The van der Waals surface area contributed by atoms with E-state index in [1.54, 1.807) is 0 Å². The number of allylic oxidation sites excluding steroid dienone is 18. The SMILES string of the molecule is CC/C=C\C/C=C\C/C=C\C/C=C\C/C=C\C/C=C\C/C=C\C/C=C\C/C=C\CCCCCCCCCCCCCCCC(=O)NC(COP(=O)([O-])OCC[N+](C)(C)C)C(O)CCCCCCCCCCCCCCCCCCCCCCCCCCCCCC. The van der Waals surface area contributed by atoms with Gasteiger partial charge in [-0.25, -0.2) is 0 Å². The number of phosphoric ester groups is 1. The molecule has 91 heavy (non-hydrogen) atoms. The normalized spacial score (nSPS) is 14.1. The van der Waals surface area contributed by atoms with Gasteiger partial charge < -0.3 is 28.8 Å². The van der Waals surface area contributed by atoms with Crippen molar-refractivity contribution in [1.82, 2.24) is 5.32 Å². The third kappa shape index (κ3) is 74.4. The van der Waals surface area contributed by atoms with Crippen LogP contribution in [-0.2, 0) is 18.4 Å². The fourth-order valence-corrected chi connectivity index (χ4v) is 12.1. The first-order chi connectivity index (χ1) is 44.5. The van der Waals surface area contributed by atoms with Gasteiger partial charge in [-0.2, -0.15) is 0 Å². The van der Waals surface area contributed by atoms with Gasteiger partial charge >= 0.3 is 0 Å². The predicted molar refractivity (Wildman–Crippen MR) is 399 cm³/mol. The molecule has 0 aliphatic heterocycles. The Kier molecular flexibility index (Phi) is 69.2. The van der Waals surface area contributed by atoms with E-state index in [-0.39, 0.29) is 19.1 Å². The van der Waals surface area contributed by atoms with E-state index in [0.29, 0.717) is 23.9 Å². The molecule has 0 saturated carbocycles. The summed E-state index contributed by atoms with van der Waals surface area (Å²) in [6.07, 6.45) is 105. The van der Waals surface area contributed by atoms with Crippen molar-refractivity contribution in [2.45, 2.75) is 366 Å². The molecule has 0 aliphatic rings. The van der Waals surface area contributed by atoms with Crippen LogP contribution in [-0.4, -0.2) is 68.5 Å². The Hall–Kier alpha value is -2.84. The monoisotopic (exact) mass is 1290 g/mol. The quantitative estimate of drug-likeness (QED) is 0.0272. The lowest BCUT2D eigenvalue weighted by atomic mass is 10.0. The molecule has 0 saturated heterocycles. The number of hydrogen-bond acceptors (Lipinski definition) is 6. The van der Waals surface area contributed by atoms with E-state index < -0.39 is 20.0 Å². The Labute approximate surface area is 565 Å². The average Bonchev–Trinajstić information content (AvgIpc) is 3.59. The number of hydrogen-bond donors (Lipinski definition) is 2. The first-order valence-electron chi connectivity index (χ1n) is 38.7. The molecule has 3 atom stereocenters. The summed E-state index contributed by atoms with van der Waals surface area (Å²) in [5, 5.41) is 14.1. The molecule has 0 fully saturated rings. The second-order valence-electron chi connectivity index (χ2n) is 27.3. The van der Waals surface area contributed by atoms with Crippen molar-refractivity contribution in [1.29, 1.82) is 0 Å². The third-order valence-corrected chi connectivity index (χ3v) is 18.2. The highest BCUT2D eigenvalue weighted by Gasteiger charge is 2.24. The third-order valence-electron chi connectivity index (χ3n) is 17.3. The Morgan fingerprint density at radius 1 is 0.396 bits per heavy atom. The molecule has 0 spiro atoms. The van der Waals surface area contributed by atoms with E-state index in [1.807, 2.05) is 21.1 Å². The van der Waals surface area contributed by atoms with E-state index in [2.05, 4.69) is 129 Å². The van der Waals surface area contributed by atoms with Crippen molar-refractivity contribution in [3.05, 3.63) is 109 Å². The summed E-state index contributed by atoms with van der Waals surface area (Å²) in [5.74, 6) is -0.164. The number of quaternary nitrogens is 1. The number of nitrogens with zero attached hydrogens (tertiary/aromatic N) is 1. The van der Waals surface area contributed by atoms with Gasteiger partial charge in [0, 0.05) is 6.42 Å². The molecule has 0 aromatic heterocycles. The number of unbranched alkanes of at least 4 members (excludes halogenated alkanes) is 40. The molecule has 0 rings (SSSR count). The van der Waals surface area contributed by atoms with Crippen LogP contribution in [0.1, 0.15) is 354 Å². The molecule has 0 aliphatic carbocycles. The van der Waals surface area contributed by atoms with Crippen LogP contribution in [0.2, 0.25) is 0 Å². The Morgan fingerprint density at radius 3 is 0.978 bits per heavy atom. The summed E-state index contributed by atoms with van der Waals surface area (Å²) in [5.41, 5.74) is 0. The molecule has 528 valence electrons. The minimum Gasteiger partial charge on any atom is -0.756 e. The van der Waals surface area contributed by atoms with Crippen molar-refractivity contribution >= 4 is 13.7 Å². The van der Waals surface area contributed by atoms with E-state index >= 15 is 0 Å². The van der Waals surface area contributed by atoms with E-state index in [0.717, 1.165) is 96.3 Å². The highest BCUT2D eigenvalue weighted by Crippen LogP contribution is 2.38. The smallest absolute Gasteiger partial charge is 0.268 e. The number of carbonyl (C=O) groups is 1. The van der Waals surface area contributed by atoms with Crippen molar-refractivity contribution in [2.75, 3.05) is 40.9 Å². The van der Waals surface area contributed by atoms with Crippen LogP contribution in [0.4, 0.5) is 0 Å². The zero-order chi connectivity index (χ0) is 66.2.